The molecular weight excluding hydrogens is 486 g/mol. The highest BCUT2D eigenvalue weighted by Gasteiger charge is 2.25. The maximum Gasteiger partial charge on any atom is 0.101 e. The lowest BCUT2D eigenvalue weighted by molar-refractivity contribution is 1.00. The van der Waals surface area contributed by atoms with E-state index in [0.717, 1.165) is 30.0 Å². The Hall–Kier alpha value is -5.33. The van der Waals surface area contributed by atoms with Crippen LogP contribution in [0.5, 0.6) is 0 Å². The van der Waals surface area contributed by atoms with Crippen LogP contribution in [0.15, 0.2) is 127 Å². The Kier molecular flexibility index (Phi) is 5.02. The predicted octanol–water partition coefficient (Wildman–Crippen LogP) is 9.62. The van der Waals surface area contributed by atoms with E-state index in [1.807, 2.05) is 42.5 Å². The fraction of sp³-hybridized carbons (Fsp3) is 0.0541. The molecule has 0 aromatic heterocycles. The van der Waals surface area contributed by atoms with E-state index in [9.17, 15) is 5.26 Å². The highest BCUT2D eigenvalue weighted by molar-refractivity contribution is 6.28. The number of fused-ring (bicyclic) bond motifs is 1. The van der Waals surface area contributed by atoms with Crippen molar-refractivity contribution in [1.29, 1.82) is 5.26 Å². The van der Waals surface area contributed by atoms with Crippen molar-refractivity contribution in [3.05, 3.63) is 139 Å². The van der Waals surface area contributed by atoms with E-state index in [1.165, 1.54) is 49.3 Å². The van der Waals surface area contributed by atoms with Crippen LogP contribution in [0, 0.1) is 11.3 Å². The smallest absolute Gasteiger partial charge is 0.101 e. The minimum atomic E-state index is 0.645. The van der Waals surface area contributed by atoms with E-state index in [-0.39, 0.29) is 0 Å². The zero-order valence-corrected chi connectivity index (χ0v) is 21.9. The molecule has 0 saturated carbocycles. The molecule has 3 nitrogen and oxygen atoms in total. The summed E-state index contributed by atoms with van der Waals surface area (Å²) in [6.45, 7) is 0.984. The molecule has 7 aromatic carbocycles. The molecule has 40 heavy (non-hydrogen) atoms. The van der Waals surface area contributed by atoms with Crippen molar-refractivity contribution in [2.24, 2.45) is 0 Å². The van der Waals surface area contributed by atoms with Crippen molar-refractivity contribution in [1.82, 2.24) is 0 Å². The first kappa shape index (κ1) is 22.6. The van der Waals surface area contributed by atoms with Gasteiger partial charge in [0.05, 0.1) is 16.9 Å². The van der Waals surface area contributed by atoms with Crippen LogP contribution in [-0.4, -0.2) is 6.54 Å². The normalized spacial score (nSPS) is 12.7. The molecule has 0 saturated heterocycles. The standard InChI is InChI=1S/C37H25N3/c38-24-28-10-5-7-16-33(28)40(29-12-2-1-3-13-29)34-20-18-27-23-35(39-22-21-25-9-4-6-15-32(25)39)30-14-8-11-26-17-19-31(34)37(27)36(26)30/h1-20,23H,21-22H2. The first-order chi connectivity index (χ1) is 19.8. The molecule has 8 rings (SSSR count). The second-order valence-electron chi connectivity index (χ2n) is 10.4. The van der Waals surface area contributed by atoms with E-state index >= 15 is 0 Å². The summed E-state index contributed by atoms with van der Waals surface area (Å²) in [5.41, 5.74) is 7.58. The lowest BCUT2D eigenvalue weighted by Gasteiger charge is -2.29. The van der Waals surface area contributed by atoms with E-state index in [0.29, 0.717) is 5.56 Å². The van der Waals surface area contributed by atoms with Gasteiger partial charge in [-0.15, -0.1) is 0 Å². The average Bonchev–Trinajstić information content (AvgIpc) is 3.45. The van der Waals surface area contributed by atoms with Crippen molar-refractivity contribution < 1.29 is 0 Å². The van der Waals surface area contributed by atoms with Crippen LogP contribution in [0.3, 0.4) is 0 Å². The average molecular weight is 512 g/mol. The quantitative estimate of drug-likeness (QED) is 0.220. The Morgan fingerprint density at radius 3 is 2.27 bits per heavy atom. The summed E-state index contributed by atoms with van der Waals surface area (Å²) in [7, 11) is 0. The van der Waals surface area contributed by atoms with E-state index in [4.69, 9.17) is 0 Å². The van der Waals surface area contributed by atoms with Gasteiger partial charge in [-0.2, -0.15) is 5.26 Å². The molecule has 0 bridgehead atoms. The Bertz CT molecular complexity index is 2090. The molecule has 0 atom stereocenters. The Labute approximate surface area is 233 Å². The molecule has 1 aliphatic rings. The Morgan fingerprint density at radius 1 is 0.600 bits per heavy atom. The summed E-state index contributed by atoms with van der Waals surface area (Å²) in [6.07, 6.45) is 1.06. The molecule has 7 aromatic rings. The summed E-state index contributed by atoms with van der Waals surface area (Å²) in [6, 6.07) is 47.3. The largest absolute Gasteiger partial charge is 0.340 e. The zero-order chi connectivity index (χ0) is 26.6. The molecule has 0 unspecified atom stereocenters. The molecule has 0 spiro atoms. The van der Waals surface area contributed by atoms with Crippen LogP contribution in [-0.2, 0) is 6.42 Å². The summed E-state index contributed by atoms with van der Waals surface area (Å²) >= 11 is 0. The van der Waals surface area contributed by atoms with Crippen LogP contribution in [0.4, 0.5) is 28.4 Å². The van der Waals surface area contributed by atoms with Gasteiger partial charge in [0.1, 0.15) is 6.07 Å². The van der Waals surface area contributed by atoms with Crippen LogP contribution in [0.25, 0.3) is 32.3 Å². The van der Waals surface area contributed by atoms with Crippen LogP contribution in [0.1, 0.15) is 11.1 Å². The second-order valence-corrected chi connectivity index (χ2v) is 10.4. The van der Waals surface area contributed by atoms with Crippen LogP contribution in [0.2, 0.25) is 0 Å². The molecule has 0 N–H and O–H groups in total. The van der Waals surface area contributed by atoms with Gasteiger partial charge in [0, 0.05) is 34.4 Å². The predicted molar refractivity (Wildman–Crippen MR) is 167 cm³/mol. The number of anilines is 5. The fourth-order valence-electron chi connectivity index (χ4n) is 6.55. The third-order valence-corrected chi connectivity index (χ3v) is 8.30. The van der Waals surface area contributed by atoms with E-state index < -0.39 is 0 Å². The number of nitrogens with zero attached hydrogens (tertiary/aromatic N) is 3. The molecule has 1 heterocycles. The van der Waals surface area contributed by atoms with Crippen LogP contribution >= 0.6 is 0 Å². The van der Waals surface area contributed by atoms with Gasteiger partial charge >= 0.3 is 0 Å². The minimum Gasteiger partial charge on any atom is -0.340 e. The van der Waals surface area contributed by atoms with E-state index in [1.54, 1.807) is 0 Å². The molecular formula is C37H25N3. The number of hydrogen-bond acceptors (Lipinski definition) is 3. The lowest BCUT2D eigenvalue weighted by atomic mass is 9.91. The van der Waals surface area contributed by atoms with Crippen molar-refractivity contribution in [3.8, 4) is 6.07 Å². The number of hydrogen-bond donors (Lipinski definition) is 0. The number of benzene rings is 7. The topological polar surface area (TPSA) is 30.3 Å². The number of nitriles is 1. The van der Waals surface area contributed by atoms with Crippen molar-refractivity contribution in [2.75, 3.05) is 16.3 Å². The highest BCUT2D eigenvalue weighted by Crippen LogP contribution is 2.48. The third kappa shape index (κ3) is 3.30. The van der Waals surface area contributed by atoms with Gasteiger partial charge in [0.2, 0.25) is 0 Å². The van der Waals surface area contributed by atoms with Gasteiger partial charge in [-0.1, -0.05) is 84.9 Å². The van der Waals surface area contributed by atoms with Gasteiger partial charge in [0.25, 0.3) is 0 Å². The molecule has 188 valence electrons. The molecule has 0 amide bonds. The second kappa shape index (κ2) is 8.86. The molecule has 0 aliphatic carbocycles. The maximum absolute atomic E-state index is 10.0. The summed E-state index contributed by atoms with van der Waals surface area (Å²) in [5.74, 6) is 0. The zero-order valence-electron chi connectivity index (χ0n) is 21.9. The van der Waals surface area contributed by atoms with Crippen LogP contribution < -0.4 is 9.80 Å². The van der Waals surface area contributed by atoms with Gasteiger partial charge in [-0.3, -0.25) is 0 Å². The van der Waals surface area contributed by atoms with Gasteiger partial charge in [-0.05, 0) is 76.0 Å². The van der Waals surface area contributed by atoms with Crippen molar-refractivity contribution in [3.63, 3.8) is 0 Å². The minimum absolute atomic E-state index is 0.645. The summed E-state index contributed by atoms with van der Waals surface area (Å²) in [4.78, 5) is 4.71. The maximum atomic E-state index is 10.0. The monoisotopic (exact) mass is 511 g/mol. The summed E-state index contributed by atoms with van der Waals surface area (Å²) in [5, 5.41) is 17.5. The lowest BCUT2D eigenvalue weighted by Crippen LogP contribution is -2.14. The number of rotatable bonds is 4. The first-order valence-electron chi connectivity index (χ1n) is 13.7. The highest BCUT2D eigenvalue weighted by atomic mass is 15.2. The first-order valence-corrected chi connectivity index (χ1v) is 13.7. The SMILES string of the molecule is N#Cc1ccccc1N(c1ccccc1)c1ccc2cc(N3CCc4ccccc43)c3cccc4ccc1c2c43. The Balaban J connectivity index is 1.43. The van der Waals surface area contributed by atoms with Crippen molar-refractivity contribution >= 4 is 60.8 Å². The van der Waals surface area contributed by atoms with E-state index in [2.05, 4.69) is 101 Å². The van der Waals surface area contributed by atoms with Crippen molar-refractivity contribution in [2.45, 2.75) is 6.42 Å². The van der Waals surface area contributed by atoms with Gasteiger partial charge in [-0.25, -0.2) is 0 Å². The fourth-order valence-corrected chi connectivity index (χ4v) is 6.55. The molecule has 3 heteroatoms. The molecule has 1 aliphatic heterocycles. The summed E-state index contributed by atoms with van der Waals surface area (Å²) < 4.78 is 0. The third-order valence-electron chi connectivity index (χ3n) is 8.30. The molecule has 0 radical (unpaired) electrons. The van der Waals surface area contributed by atoms with Gasteiger partial charge in [0.15, 0.2) is 0 Å². The molecule has 0 fully saturated rings. The van der Waals surface area contributed by atoms with Gasteiger partial charge < -0.3 is 9.80 Å². The number of para-hydroxylation sites is 3. The Morgan fingerprint density at radius 2 is 1.38 bits per heavy atom.